The first-order valence-electron chi connectivity index (χ1n) is 23.8. The minimum absolute atomic E-state index is 0.0224. The standard InChI is InChI=1S/C66H55NO/c1-65(2,3)50-39-49(40-51(43-50)66(4,5)6)53-30-19-25-46-26-20-31-57(64(46)53)54-28-14-17-33-60(54)67(61-38-36-47(44-21-9-7-10-22-44)41-58(61)45-23-11-8-12-24-45)59-32-16-13-27-52(59)48-35-37-56-55-29-15-18-34-62(55)68-63(56)42-48/h7-43H,1-6H3. The van der Waals surface area contributed by atoms with Crippen molar-refractivity contribution in [3.8, 4) is 55.6 Å². The van der Waals surface area contributed by atoms with Crippen molar-refractivity contribution in [2.75, 3.05) is 4.90 Å². The minimum Gasteiger partial charge on any atom is -0.456 e. The van der Waals surface area contributed by atoms with Crippen molar-refractivity contribution in [3.05, 3.63) is 236 Å². The van der Waals surface area contributed by atoms with Crippen LogP contribution < -0.4 is 4.90 Å². The summed E-state index contributed by atoms with van der Waals surface area (Å²) in [6.07, 6.45) is 0. The van der Waals surface area contributed by atoms with Gasteiger partial charge < -0.3 is 9.32 Å². The Bertz CT molecular complexity index is 3600. The van der Waals surface area contributed by atoms with Crippen LogP contribution in [0.5, 0.6) is 0 Å². The topological polar surface area (TPSA) is 16.4 Å². The van der Waals surface area contributed by atoms with E-state index in [1.165, 1.54) is 44.2 Å². The largest absolute Gasteiger partial charge is 0.456 e. The van der Waals surface area contributed by atoms with E-state index in [2.05, 4.69) is 265 Å². The van der Waals surface area contributed by atoms with Gasteiger partial charge in [-0.3, -0.25) is 0 Å². The van der Waals surface area contributed by atoms with Crippen molar-refractivity contribution in [1.82, 2.24) is 0 Å². The van der Waals surface area contributed by atoms with E-state index < -0.39 is 0 Å². The van der Waals surface area contributed by atoms with Crippen LogP contribution in [0.3, 0.4) is 0 Å². The second-order valence-corrected chi connectivity index (χ2v) is 20.2. The van der Waals surface area contributed by atoms with Crippen LogP contribution in [0, 0.1) is 0 Å². The van der Waals surface area contributed by atoms with Crippen molar-refractivity contribution in [1.29, 1.82) is 0 Å². The summed E-state index contributed by atoms with van der Waals surface area (Å²) in [7, 11) is 0. The molecule has 1 heterocycles. The van der Waals surface area contributed by atoms with Crippen molar-refractivity contribution >= 4 is 49.8 Å². The number of benzene rings is 10. The summed E-state index contributed by atoms with van der Waals surface area (Å²) < 4.78 is 6.52. The van der Waals surface area contributed by atoms with Gasteiger partial charge in [0.1, 0.15) is 11.2 Å². The number of hydrogen-bond acceptors (Lipinski definition) is 2. The van der Waals surface area contributed by atoms with Crippen molar-refractivity contribution in [2.24, 2.45) is 0 Å². The average Bonchev–Trinajstić information content (AvgIpc) is 3.74. The third kappa shape index (κ3) is 7.86. The molecule has 0 N–H and O–H groups in total. The van der Waals surface area contributed by atoms with Crippen LogP contribution >= 0.6 is 0 Å². The van der Waals surface area contributed by atoms with Crippen LogP contribution in [-0.4, -0.2) is 0 Å². The Kier molecular flexibility index (Phi) is 10.7. The molecule has 0 aliphatic heterocycles. The SMILES string of the molecule is CC(C)(C)c1cc(-c2cccc3cccc(-c4ccccc4N(c4ccccc4-c4ccc5c(c4)oc4ccccc45)c4ccc(-c5ccccc5)cc4-c4ccccc4)c23)cc(C(C)(C)C)c1. The molecule has 1 aromatic heterocycles. The first-order chi connectivity index (χ1) is 33.0. The zero-order valence-electron chi connectivity index (χ0n) is 39.7. The summed E-state index contributed by atoms with van der Waals surface area (Å²) in [6.45, 7) is 13.9. The smallest absolute Gasteiger partial charge is 0.136 e. The van der Waals surface area contributed by atoms with Gasteiger partial charge in [0, 0.05) is 27.5 Å². The second kappa shape index (κ2) is 17.0. The lowest BCUT2D eigenvalue weighted by Gasteiger charge is -2.32. The first-order valence-corrected chi connectivity index (χ1v) is 23.8. The number of hydrogen-bond donors (Lipinski definition) is 0. The Balaban J connectivity index is 1.20. The second-order valence-electron chi connectivity index (χ2n) is 20.2. The summed E-state index contributed by atoms with van der Waals surface area (Å²) in [5, 5.41) is 4.68. The van der Waals surface area contributed by atoms with E-state index >= 15 is 0 Å². The maximum atomic E-state index is 6.52. The number of rotatable bonds is 8. The van der Waals surface area contributed by atoms with Gasteiger partial charge in [-0.25, -0.2) is 0 Å². The van der Waals surface area contributed by atoms with Crippen LogP contribution in [0.1, 0.15) is 52.7 Å². The van der Waals surface area contributed by atoms with Gasteiger partial charge in [-0.15, -0.1) is 0 Å². The van der Waals surface area contributed by atoms with Crippen molar-refractivity contribution in [2.45, 2.75) is 52.4 Å². The zero-order chi connectivity index (χ0) is 46.6. The molecule has 0 radical (unpaired) electrons. The zero-order valence-corrected chi connectivity index (χ0v) is 39.7. The molecule has 2 nitrogen and oxygen atoms in total. The number of nitrogens with zero attached hydrogens (tertiary/aromatic N) is 1. The van der Waals surface area contributed by atoms with Gasteiger partial charge in [-0.1, -0.05) is 224 Å². The molecule has 0 bridgehead atoms. The maximum Gasteiger partial charge on any atom is 0.136 e. The Labute approximate surface area is 400 Å². The summed E-state index contributed by atoms with van der Waals surface area (Å²) in [6, 6.07) is 82.2. The normalized spacial score (nSPS) is 12.0. The van der Waals surface area contributed by atoms with Crippen LogP contribution in [0.25, 0.3) is 88.3 Å². The molecule has 0 aliphatic carbocycles. The highest BCUT2D eigenvalue weighted by Gasteiger charge is 2.26. The average molecular weight is 878 g/mol. The van der Waals surface area contributed by atoms with Crippen molar-refractivity contribution < 1.29 is 4.42 Å². The van der Waals surface area contributed by atoms with Gasteiger partial charge in [0.15, 0.2) is 0 Å². The van der Waals surface area contributed by atoms with Gasteiger partial charge in [0.2, 0.25) is 0 Å². The minimum atomic E-state index is -0.0224. The molecule has 2 heteroatoms. The van der Waals surface area contributed by atoms with E-state index in [0.717, 1.165) is 72.4 Å². The monoisotopic (exact) mass is 877 g/mol. The van der Waals surface area contributed by atoms with Gasteiger partial charge >= 0.3 is 0 Å². The molecular formula is C66H55NO. The van der Waals surface area contributed by atoms with E-state index in [0.29, 0.717) is 0 Å². The predicted octanol–water partition coefficient (Wildman–Crippen LogP) is 19.1. The fourth-order valence-electron chi connectivity index (χ4n) is 9.94. The molecule has 0 fully saturated rings. The highest BCUT2D eigenvalue weighted by Crippen LogP contribution is 2.50. The molecule has 0 amide bonds. The highest BCUT2D eigenvalue weighted by molar-refractivity contribution is 6.10. The van der Waals surface area contributed by atoms with E-state index in [1.807, 2.05) is 6.07 Å². The Morgan fingerprint density at radius 1 is 0.309 bits per heavy atom. The number of anilines is 3. The predicted molar refractivity (Wildman–Crippen MR) is 290 cm³/mol. The molecule has 11 rings (SSSR count). The maximum absolute atomic E-state index is 6.52. The highest BCUT2D eigenvalue weighted by atomic mass is 16.3. The van der Waals surface area contributed by atoms with Gasteiger partial charge in [-0.05, 0) is 114 Å². The van der Waals surface area contributed by atoms with Gasteiger partial charge in [-0.2, -0.15) is 0 Å². The molecule has 330 valence electrons. The molecule has 0 spiro atoms. The van der Waals surface area contributed by atoms with E-state index in [-0.39, 0.29) is 10.8 Å². The van der Waals surface area contributed by atoms with E-state index in [1.54, 1.807) is 0 Å². The molecule has 0 saturated carbocycles. The third-order valence-electron chi connectivity index (χ3n) is 13.6. The molecule has 68 heavy (non-hydrogen) atoms. The summed E-state index contributed by atoms with van der Waals surface area (Å²) in [5.41, 5.74) is 19.2. The number of furan rings is 1. The Hall–Kier alpha value is -7.94. The molecule has 0 saturated heterocycles. The van der Waals surface area contributed by atoms with Crippen molar-refractivity contribution in [3.63, 3.8) is 0 Å². The molecule has 0 aliphatic rings. The van der Waals surface area contributed by atoms with E-state index in [4.69, 9.17) is 4.42 Å². The molecule has 10 aromatic carbocycles. The fraction of sp³-hybridized carbons (Fsp3) is 0.121. The van der Waals surface area contributed by atoms with Crippen LogP contribution in [-0.2, 0) is 10.8 Å². The number of para-hydroxylation sites is 3. The summed E-state index contributed by atoms with van der Waals surface area (Å²) in [4.78, 5) is 2.50. The fourth-order valence-corrected chi connectivity index (χ4v) is 9.94. The Morgan fingerprint density at radius 3 is 1.53 bits per heavy atom. The molecule has 11 aromatic rings. The number of fused-ring (bicyclic) bond motifs is 4. The molecule has 0 unspecified atom stereocenters. The first kappa shape index (κ1) is 42.7. The van der Waals surface area contributed by atoms with Gasteiger partial charge in [0.25, 0.3) is 0 Å². The molecule has 0 atom stereocenters. The van der Waals surface area contributed by atoms with Crippen LogP contribution in [0.2, 0.25) is 0 Å². The summed E-state index contributed by atoms with van der Waals surface area (Å²) >= 11 is 0. The molecular weight excluding hydrogens is 823 g/mol. The lowest BCUT2D eigenvalue weighted by Crippen LogP contribution is -2.16. The quantitative estimate of drug-likeness (QED) is 0.151. The van der Waals surface area contributed by atoms with Crippen LogP contribution in [0.15, 0.2) is 229 Å². The van der Waals surface area contributed by atoms with E-state index in [9.17, 15) is 0 Å². The lowest BCUT2D eigenvalue weighted by atomic mass is 9.78. The van der Waals surface area contributed by atoms with Crippen LogP contribution in [0.4, 0.5) is 17.1 Å². The lowest BCUT2D eigenvalue weighted by molar-refractivity contribution is 0.569. The van der Waals surface area contributed by atoms with Gasteiger partial charge in [0.05, 0.1) is 17.1 Å². The third-order valence-corrected chi connectivity index (χ3v) is 13.6. The Morgan fingerprint density at radius 2 is 0.838 bits per heavy atom. The summed E-state index contributed by atoms with van der Waals surface area (Å²) in [5.74, 6) is 0.